The lowest BCUT2D eigenvalue weighted by Gasteiger charge is -2.60. The van der Waals surface area contributed by atoms with Crippen LogP contribution in [0.3, 0.4) is 0 Å². The van der Waals surface area contributed by atoms with Gasteiger partial charge < -0.3 is 4.74 Å². The fourth-order valence-electron chi connectivity index (χ4n) is 7.23. The van der Waals surface area contributed by atoms with E-state index in [1.807, 2.05) is 0 Å². The minimum absolute atomic E-state index is 0.00606. The molecule has 3 nitrogen and oxygen atoms in total. The molecule has 0 aromatic carbocycles. The van der Waals surface area contributed by atoms with Crippen LogP contribution in [-0.2, 0) is 9.53 Å². The summed E-state index contributed by atoms with van der Waals surface area (Å²) in [6, 6.07) is 0. The van der Waals surface area contributed by atoms with E-state index in [0.29, 0.717) is 23.0 Å². The molecule has 0 N–H and O–H groups in total. The molecule has 4 aliphatic rings. The molecular formula is C20H29ClO3. The monoisotopic (exact) mass is 352 g/mol. The number of carbonyl (C=O) groups is 2. The molecule has 4 saturated carbocycles. The van der Waals surface area contributed by atoms with Crippen LogP contribution < -0.4 is 0 Å². The molecule has 0 aliphatic heterocycles. The Balaban J connectivity index is 1.54. The van der Waals surface area contributed by atoms with Crippen LogP contribution in [0, 0.1) is 34.5 Å². The van der Waals surface area contributed by atoms with Gasteiger partial charge in [0.15, 0.2) is 0 Å². The van der Waals surface area contributed by atoms with Crippen LogP contribution in [0.4, 0.5) is 4.79 Å². The second-order valence-corrected chi connectivity index (χ2v) is 9.64. The third-order valence-corrected chi connectivity index (χ3v) is 8.68. The Kier molecular flexibility index (Phi) is 4.02. The first-order valence-electron chi connectivity index (χ1n) is 9.74. The van der Waals surface area contributed by atoms with Gasteiger partial charge >= 0.3 is 5.43 Å². The quantitative estimate of drug-likeness (QED) is 0.598. The summed E-state index contributed by atoms with van der Waals surface area (Å²) in [5.74, 6) is 3.24. The van der Waals surface area contributed by atoms with Crippen LogP contribution >= 0.6 is 11.6 Å². The van der Waals surface area contributed by atoms with Crippen LogP contribution in [0.25, 0.3) is 0 Å². The molecule has 0 aromatic heterocycles. The van der Waals surface area contributed by atoms with E-state index < -0.39 is 5.43 Å². The summed E-state index contributed by atoms with van der Waals surface area (Å²) >= 11 is 5.43. The van der Waals surface area contributed by atoms with Gasteiger partial charge in [-0.25, -0.2) is 4.79 Å². The van der Waals surface area contributed by atoms with E-state index in [2.05, 4.69) is 13.8 Å². The highest BCUT2D eigenvalue weighted by Gasteiger charge is 2.60. The molecule has 134 valence electrons. The number of ketones is 1. The molecule has 4 rings (SSSR count). The minimum Gasteiger partial charge on any atom is -0.450 e. The van der Waals surface area contributed by atoms with Gasteiger partial charge in [0.25, 0.3) is 0 Å². The molecule has 0 aromatic rings. The predicted octanol–water partition coefficient (Wildman–Crippen LogP) is 5.34. The smallest absolute Gasteiger partial charge is 0.404 e. The van der Waals surface area contributed by atoms with E-state index in [0.717, 1.165) is 50.4 Å². The summed E-state index contributed by atoms with van der Waals surface area (Å²) in [5, 5.41) is 0. The predicted molar refractivity (Wildman–Crippen MR) is 92.9 cm³/mol. The average Bonchev–Trinajstić information content (AvgIpc) is 2.83. The number of rotatable bonds is 1. The number of fused-ring (bicyclic) bond motifs is 5. The van der Waals surface area contributed by atoms with E-state index in [4.69, 9.17) is 16.3 Å². The number of Topliss-reactive ketones (excluding diaryl/α,β-unsaturated/α-hetero) is 1. The van der Waals surface area contributed by atoms with Crippen LogP contribution in [0.1, 0.15) is 71.6 Å². The van der Waals surface area contributed by atoms with Gasteiger partial charge in [-0.1, -0.05) is 13.8 Å². The van der Waals surface area contributed by atoms with Gasteiger partial charge in [-0.05, 0) is 80.5 Å². The van der Waals surface area contributed by atoms with E-state index in [1.54, 1.807) is 0 Å². The van der Waals surface area contributed by atoms with E-state index in [9.17, 15) is 9.59 Å². The van der Waals surface area contributed by atoms with Crippen molar-refractivity contribution in [2.24, 2.45) is 34.5 Å². The third kappa shape index (κ3) is 2.37. The maximum Gasteiger partial charge on any atom is 0.404 e. The van der Waals surface area contributed by atoms with Crippen molar-refractivity contribution in [2.75, 3.05) is 0 Å². The molecule has 4 fully saturated rings. The van der Waals surface area contributed by atoms with Gasteiger partial charge in [0.2, 0.25) is 0 Å². The standard InChI is InChI=1S/C20H29ClO3/c1-19-9-7-13(24-18(21)23)11-12(19)3-4-14-15-5-6-17(22)20(15,2)10-8-16(14)19/h12-16H,3-11H2,1-2H3/t12?,13-,14-,15-,16-,19-,20-/m0/s1. The van der Waals surface area contributed by atoms with Crippen LogP contribution in [0.5, 0.6) is 0 Å². The Hall–Kier alpha value is -0.570. The van der Waals surface area contributed by atoms with Gasteiger partial charge in [0.05, 0.1) is 0 Å². The molecule has 0 saturated heterocycles. The second-order valence-electron chi connectivity index (χ2n) is 9.33. The van der Waals surface area contributed by atoms with Crippen molar-refractivity contribution < 1.29 is 14.3 Å². The van der Waals surface area contributed by atoms with E-state index in [-0.39, 0.29) is 11.5 Å². The second kappa shape index (κ2) is 5.72. The number of carbonyl (C=O) groups excluding carboxylic acids is 2. The van der Waals surface area contributed by atoms with Crippen molar-refractivity contribution in [1.82, 2.24) is 0 Å². The van der Waals surface area contributed by atoms with Crippen molar-refractivity contribution in [3.8, 4) is 0 Å². The Bertz CT molecular complexity index is 561. The Morgan fingerprint density at radius 3 is 2.62 bits per heavy atom. The fourth-order valence-corrected chi connectivity index (χ4v) is 7.35. The molecule has 0 spiro atoms. The minimum atomic E-state index is -0.657. The summed E-state index contributed by atoms with van der Waals surface area (Å²) in [4.78, 5) is 23.5. The SMILES string of the molecule is C[C@]12CC[C@H](OC(=O)Cl)CC1CC[C@@H]1[C@@H]2CC[C@]2(C)C(=O)CC[C@@H]12. The molecule has 4 heteroatoms. The van der Waals surface area contributed by atoms with Crippen LogP contribution in [0.2, 0.25) is 0 Å². The highest BCUT2D eigenvalue weighted by molar-refractivity contribution is 6.61. The van der Waals surface area contributed by atoms with Crippen molar-refractivity contribution in [3.05, 3.63) is 0 Å². The van der Waals surface area contributed by atoms with Gasteiger partial charge in [-0.3, -0.25) is 4.79 Å². The topological polar surface area (TPSA) is 43.4 Å². The maximum atomic E-state index is 12.5. The van der Waals surface area contributed by atoms with Crippen molar-refractivity contribution >= 4 is 22.8 Å². The average molecular weight is 353 g/mol. The van der Waals surface area contributed by atoms with Gasteiger partial charge in [-0.2, -0.15) is 0 Å². The summed E-state index contributed by atoms with van der Waals surface area (Å²) < 4.78 is 5.30. The first-order valence-corrected chi connectivity index (χ1v) is 10.1. The summed E-state index contributed by atoms with van der Waals surface area (Å²) in [6.07, 6.45) is 9.72. The number of hydrogen-bond acceptors (Lipinski definition) is 3. The molecule has 0 bridgehead atoms. The lowest BCUT2D eigenvalue weighted by Crippen LogP contribution is -2.54. The summed E-state index contributed by atoms with van der Waals surface area (Å²) in [6.45, 7) is 4.72. The fraction of sp³-hybridized carbons (Fsp3) is 0.900. The van der Waals surface area contributed by atoms with Crippen molar-refractivity contribution in [3.63, 3.8) is 0 Å². The highest BCUT2D eigenvalue weighted by atomic mass is 35.5. The molecule has 7 atom stereocenters. The third-order valence-electron chi connectivity index (χ3n) is 8.59. The number of halogens is 1. The zero-order chi connectivity index (χ0) is 17.1. The lowest BCUT2D eigenvalue weighted by atomic mass is 9.45. The molecule has 4 aliphatic carbocycles. The molecule has 1 unspecified atom stereocenters. The zero-order valence-electron chi connectivity index (χ0n) is 14.9. The maximum absolute atomic E-state index is 12.5. The van der Waals surface area contributed by atoms with Crippen LogP contribution in [0.15, 0.2) is 0 Å². The van der Waals surface area contributed by atoms with Gasteiger partial charge in [-0.15, -0.1) is 0 Å². The first-order chi connectivity index (χ1) is 11.3. The normalized spacial score (nSPS) is 50.6. The number of hydrogen-bond donors (Lipinski definition) is 0. The summed E-state index contributed by atoms with van der Waals surface area (Å²) in [7, 11) is 0. The zero-order valence-corrected chi connectivity index (χ0v) is 15.6. The molecule has 0 heterocycles. The van der Waals surface area contributed by atoms with Crippen molar-refractivity contribution in [1.29, 1.82) is 0 Å². The Morgan fingerprint density at radius 1 is 1.08 bits per heavy atom. The molecule has 0 radical (unpaired) electrons. The molecule has 0 amide bonds. The number of ether oxygens (including phenoxy) is 1. The van der Waals surface area contributed by atoms with E-state index >= 15 is 0 Å². The largest absolute Gasteiger partial charge is 0.450 e. The lowest BCUT2D eigenvalue weighted by molar-refractivity contribution is -0.142. The van der Waals surface area contributed by atoms with Crippen LogP contribution in [-0.4, -0.2) is 17.3 Å². The Labute approximate surface area is 149 Å². The van der Waals surface area contributed by atoms with Crippen molar-refractivity contribution in [2.45, 2.75) is 77.7 Å². The van der Waals surface area contributed by atoms with E-state index in [1.165, 1.54) is 19.3 Å². The molecule has 24 heavy (non-hydrogen) atoms. The van der Waals surface area contributed by atoms with Gasteiger partial charge in [0, 0.05) is 23.4 Å². The van der Waals surface area contributed by atoms with Gasteiger partial charge in [0.1, 0.15) is 11.9 Å². The Morgan fingerprint density at radius 2 is 1.88 bits per heavy atom. The summed E-state index contributed by atoms with van der Waals surface area (Å²) in [5.41, 5.74) is -0.337. The first kappa shape index (κ1) is 16.9. The highest BCUT2D eigenvalue weighted by Crippen LogP contribution is 2.65. The molecular weight excluding hydrogens is 324 g/mol.